The maximum absolute atomic E-state index is 11.4. The second-order valence-electron chi connectivity index (χ2n) is 5.02. The van der Waals surface area contributed by atoms with Crippen LogP contribution in [-0.2, 0) is 18.8 Å². The van der Waals surface area contributed by atoms with Crippen LogP contribution in [0.3, 0.4) is 0 Å². The fourth-order valence-electron chi connectivity index (χ4n) is 2.15. The van der Waals surface area contributed by atoms with Crippen molar-refractivity contribution in [2.24, 2.45) is 14.1 Å². The van der Waals surface area contributed by atoms with E-state index in [0.717, 1.165) is 16.8 Å². The van der Waals surface area contributed by atoms with Crippen LogP contribution < -0.4 is 10.3 Å². The summed E-state index contributed by atoms with van der Waals surface area (Å²) in [6.45, 7) is 2.06. The fourth-order valence-corrected chi connectivity index (χ4v) is 2.15. The molecule has 108 valence electrons. The van der Waals surface area contributed by atoms with E-state index in [4.69, 9.17) is 0 Å². The lowest BCUT2D eigenvalue weighted by Gasteiger charge is -2.14. The molecule has 4 nitrogen and oxygen atoms in total. The first-order valence-corrected chi connectivity index (χ1v) is 6.73. The van der Waals surface area contributed by atoms with Gasteiger partial charge in [-0.3, -0.25) is 14.6 Å². The number of rotatable bonds is 4. The minimum Gasteiger partial charge on any atom is -0.465 e. The van der Waals surface area contributed by atoms with E-state index in [1.54, 1.807) is 12.1 Å². The van der Waals surface area contributed by atoms with Crippen molar-refractivity contribution in [1.29, 1.82) is 0 Å². The van der Waals surface area contributed by atoms with Crippen molar-refractivity contribution in [2.75, 3.05) is 7.11 Å². The molecular weight excluding hydrogens is 263 g/mol. The lowest BCUT2D eigenvalue weighted by atomic mass is 9.68. The van der Waals surface area contributed by atoms with E-state index < -0.39 is 0 Å². The number of aryl methyl sites for hydroxylation is 2. The van der Waals surface area contributed by atoms with Gasteiger partial charge in [-0.15, -0.1) is 0 Å². The average molecular weight is 282 g/mol. The van der Waals surface area contributed by atoms with Crippen molar-refractivity contribution < 1.29 is 14.1 Å². The summed E-state index contributed by atoms with van der Waals surface area (Å²) in [6, 6.07) is 7.37. The summed E-state index contributed by atoms with van der Waals surface area (Å²) < 4.78 is 8.82. The number of esters is 1. The first-order chi connectivity index (χ1) is 10.0. The van der Waals surface area contributed by atoms with E-state index in [9.17, 15) is 4.79 Å². The van der Waals surface area contributed by atoms with Gasteiger partial charge in [0.15, 0.2) is 0 Å². The van der Waals surface area contributed by atoms with Gasteiger partial charge in [0.25, 0.3) is 0 Å². The summed E-state index contributed by atoms with van der Waals surface area (Å²) in [5, 5.41) is 0. The van der Waals surface area contributed by atoms with Gasteiger partial charge in [-0.1, -0.05) is 25.1 Å². The SMILES string of the molecule is COC(=O)c1ccc(/C=C(/C)[B-]c2n(C)cc[n+]2C)cc1. The van der Waals surface area contributed by atoms with E-state index in [0.29, 0.717) is 5.56 Å². The van der Waals surface area contributed by atoms with E-state index >= 15 is 0 Å². The monoisotopic (exact) mass is 282 g/mol. The summed E-state index contributed by atoms with van der Waals surface area (Å²) >= 11 is 0. The molecule has 1 heterocycles. The van der Waals surface area contributed by atoms with Crippen LogP contribution in [0, 0.1) is 0 Å². The Kier molecular flexibility index (Phi) is 4.63. The minimum atomic E-state index is -0.315. The molecule has 0 spiro atoms. The Morgan fingerprint density at radius 2 is 2.00 bits per heavy atom. The number of methoxy groups -OCH3 is 1. The third-order valence-corrected chi connectivity index (χ3v) is 3.32. The molecule has 2 radical (unpaired) electrons. The molecule has 0 fully saturated rings. The Morgan fingerprint density at radius 1 is 1.33 bits per heavy atom. The van der Waals surface area contributed by atoms with E-state index in [2.05, 4.69) is 34.2 Å². The molecule has 2 rings (SSSR count). The summed E-state index contributed by atoms with van der Waals surface area (Å²) in [5.41, 5.74) is 3.87. The van der Waals surface area contributed by atoms with Crippen LogP contribution in [0.15, 0.2) is 42.1 Å². The molecule has 0 amide bonds. The molecule has 5 heteroatoms. The standard InChI is InChI=1S/C16H19BN2O2/c1-12(17-16-18(2)9-10-19(16)3)11-13-5-7-14(8-6-13)15(20)21-4/h5-11H,1-4H3/b12-11-. The number of hydrogen-bond donors (Lipinski definition) is 0. The number of ether oxygens (including phenoxy) is 1. The maximum Gasteiger partial charge on any atom is 0.337 e. The minimum absolute atomic E-state index is 0.315. The molecular formula is C16H19BN2O2. The van der Waals surface area contributed by atoms with Gasteiger partial charge in [0.1, 0.15) is 12.4 Å². The van der Waals surface area contributed by atoms with Crippen LogP contribution in [0.25, 0.3) is 6.08 Å². The number of carbonyl (C=O) groups is 1. The van der Waals surface area contributed by atoms with Crippen LogP contribution in [0.5, 0.6) is 0 Å². The molecule has 2 aromatic rings. The first kappa shape index (κ1) is 15.1. The largest absolute Gasteiger partial charge is 0.465 e. The highest BCUT2D eigenvalue weighted by Gasteiger charge is 2.03. The normalized spacial score (nSPS) is 11.5. The van der Waals surface area contributed by atoms with Crippen LogP contribution >= 0.6 is 0 Å². The molecule has 1 aromatic carbocycles. The molecule has 0 saturated carbocycles. The van der Waals surface area contributed by atoms with Crippen LogP contribution in [-0.4, -0.2) is 24.9 Å². The maximum atomic E-state index is 11.4. The van der Waals surface area contributed by atoms with Gasteiger partial charge in [-0.2, -0.15) is 7.28 Å². The molecule has 0 aliphatic heterocycles. The van der Waals surface area contributed by atoms with Gasteiger partial charge < -0.3 is 4.74 Å². The number of imidazole rings is 1. The molecule has 0 atom stereocenters. The number of allylic oxidation sites excluding steroid dienone is 1. The fraction of sp³-hybridized carbons (Fsp3) is 0.250. The summed E-state index contributed by atoms with van der Waals surface area (Å²) in [5.74, 6) is -0.315. The molecule has 0 aliphatic carbocycles. The zero-order valence-corrected chi connectivity index (χ0v) is 12.8. The van der Waals surface area contributed by atoms with Crippen molar-refractivity contribution in [3.63, 3.8) is 0 Å². The lowest BCUT2D eigenvalue weighted by Crippen LogP contribution is -2.49. The molecule has 0 unspecified atom stereocenters. The zero-order chi connectivity index (χ0) is 15.4. The second kappa shape index (κ2) is 6.44. The van der Waals surface area contributed by atoms with Crippen molar-refractivity contribution in [3.05, 3.63) is 53.3 Å². The van der Waals surface area contributed by atoms with Crippen LogP contribution in [0.1, 0.15) is 22.8 Å². The average Bonchev–Trinajstić information content (AvgIpc) is 2.79. The molecule has 0 saturated heterocycles. The highest BCUT2D eigenvalue weighted by Crippen LogP contribution is 2.09. The Labute approximate surface area is 125 Å². The number of hydrogen-bond acceptors (Lipinski definition) is 2. The summed E-state index contributed by atoms with van der Waals surface area (Å²) in [7, 11) is 7.54. The van der Waals surface area contributed by atoms with Gasteiger partial charge in [0, 0.05) is 5.72 Å². The zero-order valence-electron chi connectivity index (χ0n) is 12.8. The van der Waals surface area contributed by atoms with Gasteiger partial charge in [0.2, 0.25) is 0 Å². The number of aromatic nitrogens is 2. The molecule has 0 aliphatic rings. The Balaban J connectivity index is 2.14. The van der Waals surface area contributed by atoms with Gasteiger partial charge in [0.05, 0.1) is 26.8 Å². The molecule has 21 heavy (non-hydrogen) atoms. The second-order valence-corrected chi connectivity index (χ2v) is 5.02. The topological polar surface area (TPSA) is 35.1 Å². The number of carbonyl (C=O) groups excluding carboxylic acids is 1. The predicted molar refractivity (Wildman–Crippen MR) is 83.4 cm³/mol. The van der Waals surface area contributed by atoms with Crippen molar-refractivity contribution in [3.8, 4) is 0 Å². The van der Waals surface area contributed by atoms with Gasteiger partial charge in [-0.25, -0.2) is 4.79 Å². The van der Waals surface area contributed by atoms with Gasteiger partial charge in [-0.05, 0) is 17.7 Å². The number of nitrogens with zero attached hydrogens (tertiary/aromatic N) is 2. The summed E-state index contributed by atoms with van der Waals surface area (Å²) in [4.78, 5) is 11.4. The van der Waals surface area contributed by atoms with E-state index in [-0.39, 0.29) is 5.97 Å². The van der Waals surface area contributed by atoms with E-state index in [1.807, 2.05) is 38.6 Å². The first-order valence-electron chi connectivity index (χ1n) is 6.73. The van der Waals surface area contributed by atoms with E-state index in [1.165, 1.54) is 7.11 Å². The lowest BCUT2D eigenvalue weighted by molar-refractivity contribution is -0.652. The Bertz CT molecular complexity index is 653. The van der Waals surface area contributed by atoms with Crippen LogP contribution in [0.2, 0.25) is 0 Å². The molecule has 0 N–H and O–H groups in total. The highest BCUT2D eigenvalue weighted by molar-refractivity contribution is 6.59. The Hall–Kier alpha value is -2.30. The molecule has 1 aromatic heterocycles. The van der Waals surface area contributed by atoms with Crippen molar-refractivity contribution in [1.82, 2.24) is 4.57 Å². The molecule has 0 bridgehead atoms. The smallest absolute Gasteiger partial charge is 0.337 e. The summed E-state index contributed by atoms with van der Waals surface area (Å²) in [6.07, 6.45) is 6.11. The quantitative estimate of drug-likeness (QED) is 0.477. The Morgan fingerprint density at radius 3 is 2.52 bits per heavy atom. The number of benzene rings is 1. The van der Waals surface area contributed by atoms with Crippen molar-refractivity contribution >= 4 is 25.0 Å². The third kappa shape index (κ3) is 3.63. The van der Waals surface area contributed by atoms with Crippen molar-refractivity contribution in [2.45, 2.75) is 6.92 Å². The van der Waals surface area contributed by atoms with Gasteiger partial charge >= 0.3 is 5.97 Å². The predicted octanol–water partition coefficient (Wildman–Crippen LogP) is 1.03. The third-order valence-electron chi connectivity index (χ3n) is 3.32. The highest BCUT2D eigenvalue weighted by atomic mass is 16.5. The van der Waals surface area contributed by atoms with Crippen LogP contribution in [0.4, 0.5) is 0 Å².